The molecule has 2 N–H and O–H groups in total. The van der Waals surface area contributed by atoms with Gasteiger partial charge in [0.2, 0.25) is 0 Å². The van der Waals surface area contributed by atoms with Gasteiger partial charge in [-0.25, -0.2) is 0 Å². The second kappa shape index (κ2) is 3.31. The summed E-state index contributed by atoms with van der Waals surface area (Å²) in [6, 6.07) is 0. The molecule has 56 valence electrons. The zero-order valence-electron chi connectivity index (χ0n) is 6.99. The molecule has 0 heterocycles. The van der Waals surface area contributed by atoms with Gasteiger partial charge in [-0.3, -0.25) is 0 Å². The maximum absolute atomic E-state index is 5.32. The lowest BCUT2D eigenvalue weighted by atomic mass is 9.98. The Labute approximate surface area is 63.3 Å². The Morgan fingerprint density at radius 1 is 1.50 bits per heavy atom. The van der Waals surface area contributed by atoms with E-state index in [9.17, 15) is 0 Å². The summed E-state index contributed by atoms with van der Waals surface area (Å²) >= 11 is 0. The van der Waals surface area contributed by atoms with E-state index in [4.69, 9.17) is 5.73 Å². The van der Waals surface area contributed by atoms with Crippen LogP contribution in [0.2, 0.25) is 0 Å². The van der Waals surface area contributed by atoms with Gasteiger partial charge in [-0.15, -0.1) is 0 Å². The van der Waals surface area contributed by atoms with Crippen LogP contribution in [-0.2, 0) is 0 Å². The van der Waals surface area contributed by atoms with Crippen molar-refractivity contribution in [2.75, 3.05) is 0 Å². The second-order valence-electron chi connectivity index (χ2n) is 3.39. The molecule has 0 saturated heterocycles. The van der Waals surface area contributed by atoms with Gasteiger partial charge in [0.1, 0.15) is 0 Å². The van der Waals surface area contributed by atoms with Crippen molar-refractivity contribution in [2.24, 2.45) is 11.1 Å². The molecular weight excluding hydrogens is 122 g/mol. The Hall–Kier alpha value is -0.900. The van der Waals surface area contributed by atoms with Crippen molar-refractivity contribution in [1.29, 1.82) is 0 Å². The van der Waals surface area contributed by atoms with Crippen LogP contribution in [0.5, 0.6) is 0 Å². The largest absolute Gasteiger partial charge is 0.402 e. The van der Waals surface area contributed by atoms with Crippen molar-refractivity contribution >= 4 is 0 Å². The molecule has 0 unspecified atom stereocenters. The quantitative estimate of drug-likeness (QED) is 0.549. The first-order valence-corrected chi connectivity index (χ1v) is 3.35. The lowest BCUT2D eigenvalue weighted by Gasteiger charge is -2.06. The molecule has 0 spiro atoms. The molecule has 1 nitrogen and oxygen atoms in total. The lowest BCUT2D eigenvalue weighted by Crippen LogP contribution is -2.00. The first kappa shape index (κ1) is 9.10. The van der Waals surface area contributed by atoms with Gasteiger partial charge in [-0.1, -0.05) is 18.4 Å². The molecule has 0 aromatic rings. The van der Waals surface area contributed by atoms with Crippen LogP contribution in [0.3, 0.4) is 0 Å². The van der Waals surface area contributed by atoms with E-state index < -0.39 is 0 Å². The van der Waals surface area contributed by atoms with Crippen molar-refractivity contribution in [2.45, 2.75) is 27.2 Å². The van der Waals surface area contributed by atoms with Crippen LogP contribution in [0.15, 0.2) is 12.3 Å². The fourth-order valence-electron chi connectivity index (χ4n) is 0.423. The summed E-state index contributed by atoms with van der Waals surface area (Å²) in [6.07, 6.45) is 0.608. The highest BCUT2D eigenvalue weighted by Gasteiger charge is 2.02. The van der Waals surface area contributed by atoms with Crippen LogP contribution in [0.4, 0.5) is 0 Å². The van der Waals surface area contributed by atoms with Crippen molar-refractivity contribution in [1.82, 2.24) is 0 Å². The first-order chi connectivity index (χ1) is 4.42. The Bertz CT molecular complexity index is 173. The minimum Gasteiger partial charge on any atom is -0.402 e. The van der Waals surface area contributed by atoms with Crippen LogP contribution in [-0.4, -0.2) is 0 Å². The Kier molecular flexibility index (Phi) is 3.02. The maximum atomic E-state index is 5.32. The smallest absolute Gasteiger partial charge is 0.0480 e. The van der Waals surface area contributed by atoms with Crippen molar-refractivity contribution in [3.05, 3.63) is 12.3 Å². The molecule has 0 fully saturated rings. The highest BCUT2D eigenvalue weighted by molar-refractivity contribution is 5.12. The summed E-state index contributed by atoms with van der Waals surface area (Å²) < 4.78 is 0. The molecule has 0 radical (unpaired) electrons. The molecule has 0 bridgehead atoms. The second-order valence-corrected chi connectivity index (χ2v) is 3.39. The van der Waals surface area contributed by atoms with E-state index in [0.29, 0.717) is 12.1 Å². The van der Waals surface area contributed by atoms with Gasteiger partial charge in [0.25, 0.3) is 0 Å². The predicted molar refractivity (Wildman–Crippen MR) is 45.2 cm³/mol. The molecule has 0 rings (SSSR count). The molecule has 10 heavy (non-hydrogen) atoms. The monoisotopic (exact) mass is 137 g/mol. The predicted octanol–water partition coefficient (Wildman–Crippen LogP) is 1.90. The Morgan fingerprint density at radius 2 is 2.00 bits per heavy atom. The third-order valence-corrected chi connectivity index (χ3v) is 0.779. The highest BCUT2D eigenvalue weighted by atomic mass is 14.5. The van der Waals surface area contributed by atoms with E-state index in [1.54, 1.807) is 0 Å². The summed E-state index contributed by atoms with van der Waals surface area (Å²) in [5, 5.41) is 0. The maximum Gasteiger partial charge on any atom is 0.0480 e. The minimum atomic E-state index is 0.0788. The zero-order chi connectivity index (χ0) is 8.20. The zero-order valence-corrected chi connectivity index (χ0v) is 6.99. The Morgan fingerprint density at radius 3 is 2.30 bits per heavy atom. The molecule has 0 aliphatic rings. The SMILES string of the molecule is C=C(N)CC#CC(C)(C)C. The number of nitrogens with two attached hydrogens (primary N) is 1. The Balaban J connectivity index is 3.82. The highest BCUT2D eigenvalue weighted by Crippen LogP contribution is 2.09. The van der Waals surface area contributed by atoms with Crippen molar-refractivity contribution < 1.29 is 0 Å². The van der Waals surface area contributed by atoms with Gasteiger partial charge in [0.05, 0.1) is 0 Å². The van der Waals surface area contributed by atoms with Crippen LogP contribution in [0, 0.1) is 17.3 Å². The lowest BCUT2D eigenvalue weighted by molar-refractivity contribution is 0.570. The molecule has 0 aliphatic carbocycles. The molecule has 0 saturated carbocycles. The van der Waals surface area contributed by atoms with Crippen molar-refractivity contribution in [3.8, 4) is 11.8 Å². The fourth-order valence-corrected chi connectivity index (χ4v) is 0.423. The van der Waals surface area contributed by atoms with E-state index in [-0.39, 0.29) is 5.41 Å². The summed E-state index contributed by atoms with van der Waals surface area (Å²) in [5.74, 6) is 6.01. The van der Waals surface area contributed by atoms with Crippen LogP contribution >= 0.6 is 0 Å². The normalized spacial score (nSPS) is 9.90. The van der Waals surface area contributed by atoms with Gasteiger partial charge in [-0.2, -0.15) is 0 Å². The fraction of sp³-hybridized carbons (Fsp3) is 0.556. The number of hydrogen-bond acceptors (Lipinski definition) is 1. The average Bonchev–Trinajstić information content (AvgIpc) is 1.59. The standard InChI is InChI=1S/C9H15N/c1-8(10)6-5-7-9(2,3)4/h1,6,10H2,2-4H3. The van der Waals surface area contributed by atoms with E-state index in [0.717, 1.165) is 0 Å². The van der Waals surface area contributed by atoms with Crippen LogP contribution in [0.25, 0.3) is 0 Å². The number of allylic oxidation sites excluding steroid dienone is 1. The summed E-state index contributed by atoms with van der Waals surface area (Å²) in [5.41, 5.74) is 6.04. The topological polar surface area (TPSA) is 26.0 Å². The molecule has 0 amide bonds. The molecular formula is C9H15N. The van der Waals surface area contributed by atoms with Gasteiger partial charge in [-0.05, 0) is 20.8 Å². The summed E-state index contributed by atoms with van der Waals surface area (Å²) in [7, 11) is 0. The molecule has 0 aromatic heterocycles. The van der Waals surface area contributed by atoms with Crippen molar-refractivity contribution in [3.63, 3.8) is 0 Å². The van der Waals surface area contributed by atoms with E-state index >= 15 is 0 Å². The molecule has 0 atom stereocenters. The summed E-state index contributed by atoms with van der Waals surface area (Å²) in [4.78, 5) is 0. The third-order valence-electron chi connectivity index (χ3n) is 0.779. The van der Waals surface area contributed by atoms with Gasteiger partial charge < -0.3 is 5.73 Å². The number of hydrogen-bond donors (Lipinski definition) is 1. The van der Waals surface area contributed by atoms with E-state index in [1.165, 1.54) is 0 Å². The van der Waals surface area contributed by atoms with Gasteiger partial charge >= 0.3 is 0 Å². The van der Waals surface area contributed by atoms with Gasteiger partial charge in [0, 0.05) is 17.5 Å². The number of rotatable bonds is 1. The third kappa shape index (κ3) is 7.10. The first-order valence-electron chi connectivity index (χ1n) is 3.35. The van der Waals surface area contributed by atoms with E-state index in [1.807, 2.05) is 0 Å². The van der Waals surface area contributed by atoms with Gasteiger partial charge in [0.15, 0.2) is 0 Å². The molecule has 0 aromatic carbocycles. The summed E-state index contributed by atoms with van der Waals surface area (Å²) in [6.45, 7) is 9.76. The van der Waals surface area contributed by atoms with E-state index in [2.05, 4.69) is 39.2 Å². The molecule has 0 aliphatic heterocycles. The molecule has 1 heteroatoms. The average molecular weight is 137 g/mol. The van der Waals surface area contributed by atoms with Crippen LogP contribution in [0.1, 0.15) is 27.2 Å². The van der Waals surface area contributed by atoms with Crippen LogP contribution < -0.4 is 5.73 Å². The minimum absolute atomic E-state index is 0.0788.